The molecule has 0 saturated carbocycles. The Kier molecular flexibility index (Phi) is 4.92. The topological polar surface area (TPSA) is 88.0 Å². The number of aromatic nitrogens is 4. The van der Waals surface area contributed by atoms with Gasteiger partial charge in [-0.3, -0.25) is 4.68 Å². The molecule has 2 amide bonds. The lowest BCUT2D eigenvalue weighted by molar-refractivity contribution is 0.222. The largest absolute Gasteiger partial charge is 0.325 e. The van der Waals surface area contributed by atoms with Crippen molar-refractivity contribution in [1.82, 2.24) is 24.6 Å². The molecule has 0 atom stereocenters. The van der Waals surface area contributed by atoms with Gasteiger partial charge in [-0.05, 0) is 37.5 Å². The Hall–Kier alpha value is -3.42. The van der Waals surface area contributed by atoms with Crippen molar-refractivity contribution in [3.05, 3.63) is 48.4 Å². The molecule has 3 heterocycles. The quantitative estimate of drug-likeness (QED) is 0.726. The van der Waals surface area contributed by atoms with Gasteiger partial charge in [0.2, 0.25) is 5.95 Å². The highest BCUT2D eigenvalue weighted by Crippen LogP contribution is 2.24. The van der Waals surface area contributed by atoms with Gasteiger partial charge in [-0.1, -0.05) is 12.1 Å². The van der Waals surface area contributed by atoms with Crippen LogP contribution in [0.2, 0.25) is 0 Å². The van der Waals surface area contributed by atoms with E-state index in [9.17, 15) is 4.79 Å². The van der Waals surface area contributed by atoms with E-state index in [1.54, 1.807) is 17.1 Å². The fourth-order valence-electron chi connectivity index (χ4n) is 3.24. The highest BCUT2D eigenvalue weighted by Gasteiger charge is 2.17. The minimum Gasteiger partial charge on any atom is -0.325 e. The molecule has 1 aromatic carbocycles. The van der Waals surface area contributed by atoms with Crippen molar-refractivity contribution < 1.29 is 4.79 Å². The molecule has 0 unspecified atom stereocenters. The van der Waals surface area contributed by atoms with Gasteiger partial charge in [-0.15, -0.1) is 0 Å². The van der Waals surface area contributed by atoms with Gasteiger partial charge in [-0.2, -0.15) is 5.10 Å². The second-order valence-corrected chi connectivity index (χ2v) is 6.95. The lowest BCUT2D eigenvalue weighted by Gasteiger charge is -2.16. The predicted molar refractivity (Wildman–Crippen MR) is 109 cm³/mol. The molecule has 8 nitrogen and oxygen atoms in total. The zero-order valence-electron chi connectivity index (χ0n) is 16.0. The molecule has 1 fully saturated rings. The summed E-state index contributed by atoms with van der Waals surface area (Å²) in [6.45, 7) is 3.64. The van der Waals surface area contributed by atoms with E-state index in [0.29, 0.717) is 5.95 Å². The first-order valence-corrected chi connectivity index (χ1v) is 9.34. The van der Waals surface area contributed by atoms with Gasteiger partial charge >= 0.3 is 6.03 Å². The van der Waals surface area contributed by atoms with Crippen LogP contribution in [0.1, 0.15) is 18.4 Å². The molecule has 0 radical (unpaired) electrons. The highest BCUT2D eigenvalue weighted by molar-refractivity contribution is 5.89. The average Bonchev–Trinajstić information content (AvgIpc) is 3.36. The van der Waals surface area contributed by atoms with Crippen LogP contribution in [0.3, 0.4) is 0 Å². The number of nitrogens with zero attached hydrogens (tertiary/aromatic N) is 5. The standard InChI is InChI=1S/C20H23N7O/c1-14-11-21-19(23-17-12-22-26(2)13-17)25-18(14)15-5-7-16(8-6-15)24-20(28)27-9-3-4-10-27/h5-8,11-13H,3-4,9-10H2,1-2H3,(H,24,28)(H,21,23,25). The number of likely N-dealkylation sites (tertiary alicyclic amines) is 1. The smallest absolute Gasteiger partial charge is 0.321 e. The van der Waals surface area contributed by atoms with Crippen molar-refractivity contribution in [3.63, 3.8) is 0 Å². The summed E-state index contributed by atoms with van der Waals surface area (Å²) in [5, 5.41) is 10.3. The van der Waals surface area contributed by atoms with E-state index in [0.717, 1.165) is 54.1 Å². The Labute approximate surface area is 163 Å². The monoisotopic (exact) mass is 377 g/mol. The van der Waals surface area contributed by atoms with Gasteiger partial charge in [0.1, 0.15) is 0 Å². The van der Waals surface area contributed by atoms with Crippen LogP contribution in [0.25, 0.3) is 11.3 Å². The molecular weight excluding hydrogens is 354 g/mol. The summed E-state index contributed by atoms with van der Waals surface area (Å²) in [7, 11) is 1.86. The second kappa shape index (κ2) is 7.67. The van der Waals surface area contributed by atoms with Crippen molar-refractivity contribution in [1.29, 1.82) is 0 Å². The van der Waals surface area contributed by atoms with Crippen LogP contribution in [0.5, 0.6) is 0 Å². The predicted octanol–water partition coefficient (Wildman–Crippen LogP) is 3.56. The number of amides is 2. The maximum absolute atomic E-state index is 12.2. The van der Waals surface area contributed by atoms with Crippen LogP contribution >= 0.6 is 0 Å². The van der Waals surface area contributed by atoms with Crippen molar-refractivity contribution >= 4 is 23.4 Å². The molecule has 1 aliphatic rings. The van der Waals surface area contributed by atoms with Crippen LogP contribution in [-0.4, -0.2) is 43.8 Å². The van der Waals surface area contributed by atoms with E-state index in [4.69, 9.17) is 0 Å². The van der Waals surface area contributed by atoms with Crippen molar-refractivity contribution in [2.45, 2.75) is 19.8 Å². The fraction of sp³-hybridized carbons (Fsp3) is 0.300. The lowest BCUT2D eigenvalue weighted by Crippen LogP contribution is -2.32. The molecule has 1 aliphatic heterocycles. The first kappa shape index (κ1) is 18.0. The number of hydrogen-bond acceptors (Lipinski definition) is 5. The number of carbonyl (C=O) groups is 1. The molecule has 1 saturated heterocycles. The van der Waals surface area contributed by atoms with E-state index in [-0.39, 0.29) is 6.03 Å². The number of nitrogens with one attached hydrogen (secondary N) is 2. The zero-order valence-corrected chi connectivity index (χ0v) is 16.0. The van der Waals surface area contributed by atoms with Gasteiger partial charge < -0.3 is 15.5 Å². The Morgan fingerprint density at radius 1 is 1.07 bits per heavy atom. The summed E-state index contributed by atoms with van der Waals surface area (Å²) in [6, 6.07) is 7.69. The molecule has 144 valence electrons. The number of hydrogen-bond donors (Lipinski definition) is 2. The molecule has 4 rings (SSSR count). The van der Waals surface area contributed by atoms with Gasteiger partial charge in [-0.25, -0.2) is 14.8 Å². The fourth-order valence-corrected chi connectivity index (χ4v) is 3.24. The summed E-state index contributed by atoms with van der Waals surface area (Å²) >= 11 is 0. The van der Waals surface area contributed by atoms with Crippen LogP contribution < -0.4 is 10.6 Å². The minimum atomic E-state index is -0.0357. The van der Waals surface area contributed by atoms with E-state index in [1.165, 1.54) is 0 Å². The van der Waals surface area contributed by atoms with Gasteiger partial charge in [0.05, 0.1) is 17.6 Å². The third-order valence-corrected chi connectivity index (χ3v) is 4.74. The molecule has 2 aromatic heterocycles. The first-order chi connectivity index (χ1) is 13.6. The van der Waals surface area contributed by atoms with Crippen LogP contribution in [0, 0.1) is 6.92 Å². The lowest BCUT2D eigenvalue weighted by atomic mass is 10.1. The van der Waals surface area contributed by atoms with Crippen LogP contribution in [-0.2, 0) is 7.05 Å². The Balaban J connectivity index is 1.50. The third kappa shape index (κ3) is 3.95. The van der Waals surface area contributed by atoms with Crippen molar-refractivity contribution in [2.75, 3.05) is 23.7 Å². The summed E-state index contributed by atoms with van der Waals surface area (Å²) in [5.41, 5.74) is 4.40. The Morgan fingerprint density at radius 2 is 1.82 bits per heavy atom. The summed E-state index contributed by atoms with van der Waals surface area (Å²) in [6.07, 6.45) is 7.54. The molecule has 28 heavy (non-hydrogen) atoms. The van der Waals surface area contributed by atoms with Gasteiger partial charge in [0.25, 0.3) is 0 Å². The minimum absolute atomic E-state index is 0.0357. The zero-order chi connectivity index (χ0) is 19.5. The first-order valence-electron chi connectivity index (χ1n) is 9.34. The average molecular weight is 377 g/mol. The molecular formula is C20H23N7O. The Bertz CT molecular complexity index is 974. The van der Waals surface area contributed by atoms with E-state index in [2.05, 4.69) is 25.7 Å². The van der Waals surface area contributed by atoms with Crippen LogP contribution in [0.15, 0.2) is 42.9 Å². The molecule has 2 N–H and O–H groups in total. The number of aryl methyl sites for hydroxylation is 2. The number of anilines is 3. The SMILES string of the molecule is Cc1cnc(Nc2cnn(C)c2)nc1-c1ccc(NC(=O)N2CCCC2)cc1. The van der Waals surface area contributed by atoms with Crippen LogP contribution in [0.4, 0.5) is 22.1 Å². The third-order valence-electron chi connectivity index (χ3n) is 4.74. The summed E-state index contributed by atoms with van der Waals surface area (Å²) in [4.78, 5) is 23.1. The van der Waals surface area contributed by atoms with E-state index < -0.39 is 0 Å². The molecule has 0 spiro atoms. The Morgan fingerprint density at radius 3 is 2.50 bits per heavy atom. The number of carbonyl (C=O) groups excluding carboxylic acids is 1. The maximum atomic E-state index is 12.2. The number of benzene rings is 1. The molecule has 8 heteroatoms. The molecule has 0 bridgehead atoms. The summed E-state index contributed by atoms with van der Waals surface area (Å²) in [5.74, 6) is 0.514. The van der Waals surface area contributed by atoms with E-state index >= 15 is 0 Å². The molecule has 3 aromatic rings. The van der Waals surface area contributed by atoms with E-state index in [1.807, 2.05) is 49.3 Å². The number of urea groups is 1. The summed E-state index contributed by atoms with van der Waals surface area (Å²) < 4.78 is 1.71. The van der Waals surface area contributed by atoms with Gasteiger partial charge in [0.15, 0.2) is 0 Å². The van der Waals surface area contributed by atoms with Crippen molar-refractivity contribution in [2.24, 2.45) is 7.05 Å². The maximum Gasteiger partial charge on any atom is 0.321 e. The second-order valence-electron chi connectivity index (χ2n) is 6.95. The van der Waals surface area contributed by atoms with Crippen molar-refractivity contribution in [3.8, 4) is 11.3 Å². The normalized spacial score (nSPS) is 13.6. The van der Waals surface area contributed by atoms with Gasteiger partial charge in [0, 0.05) is 43.8 Å². The highest BCUT2D eigenvalue weighted by atomic mass is 16.2. The number of rotatable bonds is 4. The molecule has 0 aliphatic carbocycles.